The molecule has 0 aromatic carbocycles. The van der Waals surface area contributed by atoms with Crippen LogP contribution in [0, 0.1) is 0 Å². The quantitative estimate of drug-likeness (QED) is 0.554. The molecule has 2 aliphatic rings. The Morgan fingerprint density at radius 2 is 2.23 bits per heavy atom. The zero-order valence-corrected chi connectivity index (χ0v) is 8.00. The fourth-order valence-electron chi connectivity index (χ4n) is 1.81. The molecular formula is C11H13NO. The molecule has 1 heterocycles. The van der Waals surface area contributed by atoms with Crippen LogP contribution in [0.3, 0.4) is 0 Å². The summed E-state index contributed by atoms with van der Waals surface area (Å²) in [5, 5.41) is 0. The molecule has 2 nitrogen and oxygen atoms in total. The van der Waals surface area contributed by atoms with Gasteiger partial charge in [0.15, 0.2) is 5.78 Å². The zero-order valence-electron chi connectivity index (χ0n) is 8.00. The lowest BCUT2D eigenvalue weighted by atomic mass is 9.84. The second kappa shape index (κ2) is 2.66. The molecule has 1 aliphatic carbocycles. The Labute approximate surface area is 78.1 Å². The van der Waals surface area contributed by atoms with Crippen LogP contribution in [0.25, 0.3) is 0 Å². The summed E-state index contributed by atoms with van der Waals surface area (Å²) in [6, 6.07) is 0. The van der Waals surface area contributed by atoms with Crippen LogP contribution in [0.4, 0.5) is 0 Å². The largest absolute Gasteiger partial charge is 0.289 e. The third kappa shape index (κ3) is 1.48. The summed E-state index contributed by atoms with van der Waals surface area (Å²) in [5.74, 6) is 0.112. The fraction of sp³-hybridized carbons (Fsp3) is 0.455. The van der Waals surface area contributed by atoms with E-state index in [1.165, 1.54) is 5.57 Å². The summed E-state index contributed by atoms with van der Waals surface area (Å²) in [6.07, 6.45) is 7.15. The molecule has 0 bridgehead atoms. The summed E-state index contributed by atoms with van der Waals surface area (Å²) >= 11 is 0. The number of carbonyl (C=O) groups excluding carboxylic acids is 1. The normalized spacial score (nSPS) is 24.9. The molecular weight excluding hydrogens is 162 g/mol. The van der Waals surface area contributed by atoms with Crippen molar-refractivity contribution in [1.82, 2.24) is 0 Å². The average Bonchev–Trinajstić information content (AvgIpc) is 2.02. The van der Waals surface area contributed by atoms with E-state index in [2.05, 4.69) is 18.8 Å². The van der Waals surface area contributed by atoms with Crippen LogP contribution >= 0.6 is 0 Å². The molecule has 0 atom stereocenters. The number of carbonyl (C=O) groups is 1. The van der Waals surface area contributed by atoms with Crippen molar-refractivity contribution >= 4 is 12.0 Å². The standard InChI is InChI=1S/C11H13NO/c1-11(2)6-8-4-3-5-10(13)9(8)7-12-11/h3,5,7H,4,6H2,1-2H3. The molecule has 0 aromatic rings. The van der Waals surface area contributed by atoms with Crippen LogP contribution in [-0.2, 0) is 4.79 Å². The lowest BCUT2D eigenvalue weighted by Crippen LogP contribution is -2.25. The monoisotopic (exact) mass is 175 g/mol. The van der Waals surface area contributed by atoms with Crippen LogP contribution in [0.2, 0.25) is 0 Å². The molecule has 0 amide bonds. The SMILES string of the molecule is CC1(C)CC2=C(C=N1)C(=O)C=CC2. The molecule has 1 aliphatic heterocycles. The van der Waals surface area contributed by atoms with Gasteiger partial charge in [0.2, 0.25) is 0 Å². The highest BCUT2D eigenvalue weighted by Gasteiger charge is 2.26. The van der Waals surface area contributed by atoms with Gasteiger partial charge in [-0.2, -0.15) is 0 Å². The second-order valence-corrected chi connectivity index (χ2v) is 4.24. The van der Waals surface area contributed by atoms with Gasteiger partial charge in [-0.1, -0.05) is 11.6 Å². The van der Waals surface area contributed by atoms with Crippen molar-refractivity contribution < 1.29 is 4.79 Å². The third-order valence-corrected chi connectivity index (χ3v) is 2.47. The number of hydrogen-bond donors (Lipinski definition) is 0. The van der Waals surface area contributed by atoms with E-state index in [1.807, 2.05) is 6.08 Å². The number of ketones is 1. The zero-order chi connectivity index (χ0) is 9.47. The summed E-state index contributed by atoms with van der Waals surface area (Å²) in [5.41, 5.74) is 2.04. The van der Waals surface area contributed by atoms with Crippen LogP contribution in [-0.4, -0.2) is 17.5 Å². The Bertz CT molecular complexity index is 345. The lowest BCUT2D eigenvalue weighted by Gasteiger charge is -2.27. The molecule has 0 N–H and O–H groups in total. The molecule has 2 heteroatoms. The van der Waals surface area contributed by atoms with E-state index in [4.69, 9.17) is 0 Å². The number of allylic oxidation sites excluding steroid dienone is 3. The maximum Gasteiger partial charge on any atom is 0.187 e. The maximum atomic E-state index is 11.4. The highest BCUT2D eigenvalue weighted by Crippen LogP contribution is 2.30. The highest BCUT2D eigenvalue weighted by atomic mass is 16.1. The summed E-state index contributed by atoms with van der Waals surface area (Å²) in [7, 11) is 0. The summed E-state index contributed by atoms with van der Waals surface area (Å²) in [4.78, 5) is 15.8. The molecule has 0 radical (unpaired) electrons. The third-order valence-electron chi connectivity index (χ3n) is 2.47. The van der Waals surface area contributed by atoms with E-state index in [0.717, 1.165) is 18.4 Å². The highest BCUT2D eigenvalue weighted by molar-refractivity contribution is 6.20. The van der Waals surface area contributed by atoms with E-state index < -0.39 is 0 Å². The molecule has 0 fully saturated rings. The van der Waals surface area contributed by atoms with Crippen molar-refractivity contribution in [2.24, 2.45) is 4.99 Å². The minimum Gasteiger partial charge on any atom is -0.289 e. The van der Waals surface area contributed by atoms with Crippen LogP contribution < -0.4 is 0 Å². The van der Waals surface area contributed by atoms with Gasteiger partial charge in [-0.25, -0.2) is 0 Å². The number of aliphatic imine (C=N–C) groups is 1. The van der Waals surface area contributed by atoms with Crippen molar-refractivity contribution in [2.45, 2.75) is 32.2 Å². The Hall–Kier alpha value is -1.18. The first kappa shape index (κ1) is 8.42. The first-order valence-corrected chi connectivity index (χ1v) is 4.57. The lowest BCUT2D eigenvalue weighted by molar-refractivity contribution is -0.111. The van der Waals surface area contributed by atoms with Gasteiger partial charge in [-0.05, 0) is 32.8 Å². The Morgan fingerprint density at radius 3 is 3.00 bits per heavy atom. The van der Waals surface area contributed by atoms with Crippen molar-refractivity contribution in [3.05, 3.63) is 23.3 Å². The minimum atomic E-state index is -0.0235. The first-order chi connectivity index (χ1) is 6.08. The van der Waals surface area contributed by atoms with Gasteiger partial charge in [-0.15, -0.1) is 0 Å². The summed E-state index contributed by atoms with van der Waals surface area (Å²) < 4.78 is 0. The minimum absolute atomic E-state index is 0.0235. The number of hydrogen-bond acceptors (Lipinski definition) is 2. The Morgan fingerprint density at radius 1 is 1.46 bits per heavy atom. The smallest absolute Gasteiger partial charge is 0.187 e. The topological polar surface area (TPSA) is 29.4 Å². The predicted molar refractivity (Wildman–Crippen MR) is 53.0 cm³/mol. The van der Waals surface area contributed by atoms with Gasteiger partial charge in [0, 0.05) is 11.8 Å². The van der Waals surface area contributed by atoms with E-state index >= 15 is 0 Å². The molecule has 0 unspecified atom stereocenters. The predicted octanol–water partition coefficient (Wildman–Crippen LogP) is 2.07. The van der Waals surface area contributed by atoms with E-state index in [0.29, 0.717) is 0 Å². The maximum absolute atomic E-state index is 11.4. The number of dihydropyridines is 1. The van der Waals surface area contributed by atoms with Gasteiger partial charge in [-0.3, -0.25) is 9.79 Å². The van der Waals surface area contributed by atoms with E-state index in [1.54, 1.807) is 12.3 Å². The molecule has 0 saturated heterocycles. The molecule has 0 spiro atoms. The average molecular weight is 175 g/mol. The summed E-state index contributed by atoms with van der Waals surface area (Å²) in [6.45, 7) is 4.19. The second-order valence-electron chi connectivity index (χ2n) is 4.24. The van der Waals surface area contributed by atoms with Gasteiger partial charge < -0.3 is 0 Å². The van der Waals surface area contributed by atoms with Crippen LogP contribution in [0.1, 0.15) is 26.7 Å². The molecule has 2 rings (SSSR count). The number of rotatable bonds is 0. The number of nitrogens with zero attached hydrogens (tertiary/aromatic N) is 1. The molecule has 68 valence electrons. The van der Waals surface area contributed by atoms with Crippen molar-refractivity contribution in [3.8, 4) is 0 Å². The van der Waals surface area contributed by atoms with Crippen molar-refractivity contribution in [3.63, 3.8) is 0 Å². The molecule has 13 heavy (non-hydrogen) atoms. The van der Waals surface area contributed by atoms with Gasteiger partial charge in [0.05, 0.1) is 5.54 Å². The molecule has 0 saturated carbocycles. The van der Waals surface area contributed by atoms with E-state index in [9.17, 15) is 4.79 Å². The van der Waals surface area contributed by atoms with Crippen LogP contribution in [0.5, 0.6) is 0 Å². The fourth-order valence-corrected chi connectivity index (χ4v) is 1.81. The van der Waals surface area contributed by atoms with Crippen molar-refractivity contribution in [2.75, 3.05) is 0 Å². The Balaban J connectivity index is 2.35. The van der Waals surface area contributed by atoms with Crippen molar-refractivity contribution in [1.29, 1.82) is 0 Å². The van der Waals surface area contributed by atoms with E-state index in [-0.39, 0.29) is 11.3 Å². The Kier molecular flexibility index (Phi) is 1.72. The molecule has 0 aromatic heterocycles. The van der Waals surface area contributed by atoms with Gasteiger partial charge >= 0.3 is 0 Å². The van der Waals surface area contributed by atoms with Crippen LogP contribution in [0.15, 0.2) is 28.3 Å². The first-order valence-electron chi connectivity index (χ1n) is 4.57. The van der Waals surface area contributed by atoms with Gasteiger partial charge in [0.25, 0.3) is 0 Å². The van der Waals surface area contributed by atoms with Gasteiger partial charge in [0.1, 0.15) is 0 Å².